The molecule has 2 rings (SSSR count). The Labute approximate surface area is 120 Å². The van der Waals surface area contributed by atoms with E-state index in [4.69, 9.17) is 5.11 Å². The Kier molecular flexibility index (Phi) is 4.35. The fraction of sp³-hybridized carbons (Fsp3) is 0.188. The maximum absolute atomic E-state index is 12.4. The molecule has 0 aromatic heterocycles. The van der Waals surface area contributed by atoms with E-state index in [0.717, 1.165) is 21.6 Å². The maximum atomic E-state index is 12.4. The SMILES string of the molecule is Cc1ccc(C)c(S(=O)Cc2cccc(C(=O)O)c2)c1. The van der Waals surface area contributed by atoms with Crippen molar-refractivity contribution in [2.75, 3.05) is 0 Å². The fourth-order valence-corrected chi connectivity index (χ4v) is 3.36. The van der Waals surface area contributed by atoms with Crippen LogP contribution >= 0.6 is 0 Å². The van der Waals surface area contributed by atoms with Crippen molar-refractivity contribution in [3.05, 3.63) is 64.7 Å². The lowest BCUT2D eigenvalue weighted by atomic mass is 10.1. The average molecular weight is 288 g/mol. The quantitative estimate of drug-likeness (QED) is 0.939. The topological polar surface area (TPSA) is 54.4 Å². The number of hydrogen-bond acceptors (Lipinski definition) is 2. The van der Waals surface area contributed by atoms with E-state index in [-0.39, 0.29) is 5.56 Å². The molecule has 3 nitrogen and oxygen atoms in total. The van der Waals surface area contributed by atoms with E-state index in [9.17, 15) is 9.00 Å². The van der Waals surface area contributed by atoms with Gasteiger partial charge in [0.15, 0.2) is 0 Å². The van der Waals surface area contributed by atoms with E-state index in [2.05, 4.69) is 0 Å². The van der Waals surface area contributed by atoms with Gasteiger partial charge in [-0.05, 0) is 48.7 Å². The molecule has 0 radical (unpaired) electrons. The van der Waals surface area contributed by atoms with E-state index < -0.39 is 16.8 Å². The molecule has 0 amide bonds. The van der Waals surface area contributed by atoms with Gasteiger partial charge in [-0.1, -0.05) is 24.3 Å². The molecular weight excluding hydrogens is 272 g/mol. The number of carboxylic acids is 1. The normalized spacial score (nSPS) is 12.1. The zero-order valence-electron chi connectivity index (χ0n) is 11.4. The van der Waals surface area contributed by atoms with Gasteiger partial charge in [0.25, 0.3) is 0 Å². The van der Waals surface area contributed by atoms with Crippen molar-refractivity contribution < 1.29 is 14.1 Å². The van der Waals surface area contributed by atoms with Gasteiger partial charge >= 0.3 is 5.97 Å². The molecule has 20 heavy (non-hydrogen) atoms. The van der Waals surface area contributed by atoms with Crippen molar-refractivity contribution in [3.8, 4) is 0 Å². The van der Waals surface area contributed by atoms with Crippen molar-refractivity contribution in [1.82, 2.24) is 0 Å². The van der Waals surface area contributed by atoms with Crippen LogP contribution in [0, 0.1) is 13.8 Å². The van der Waals surface area contributed by atoms with Gasteiger partial charge in [0.05, 0.1) is 22.1 Å². The zero-order valence-corrected chi connectivity index (χ0v) is 12.2. The molecule has 2 aromatic carbocycles. The second-order valence-corrected chi connectivity index (χ2v) is 6.18. The summed E-state index contributed by atoms with van der Waals surface area (Å²) >= 11 is 0. The molecule has 1 N–H and O–H groups in total. The van der Waals surface area contributed by atoms with Gasteiger partial charge in [-0.2, -0.15) is 0 Å². The molecule has 0 aliphatic rings. The Morgan fingerprint density at radius 3 is 2.60 bits per heavy atom. The number of aromatic carboxylic acids is 1. The summed E-state index contributed by atoms with van der Waals surface area (Å²) in [7, 11) is -1.17. The summed E-state index contributed by atoms with van der Waals surface area (Å²) in [5, 5.41) is 8.97. The third kappa shape index (κ3) is 3.33. The smallest absolute Gasteiger partial charge is 0.335 e. The monoisotopic (exact) mass is 288 g/mol. The van der Waals surface area contributed by atoms with Crippen LogP contribution in [0.4, 0.5) is 0 Å². The highest BCUT2D eigenvalue weighted by molar-refractivity contribution is 7.84. The van der Waals surface area contributed by atoms with Crippen molar-refractivity contribution in [2.45, 2.75) is 24.5 Å². The first kappa shape index (κ1) is 14.5. The minimum atomic E-state index is -1.17. The molecule has 0 spiro atoms. The molecular formula is C16H16O3S. The van der Waals surface area contributed by atoms with E-state index in [1.807, 2.05) is 32.0 Å². The second kappa shape index (κ2) is 6.01. The van der Waals surface area contributed by atoms with Crippen LogP contribution in [0.5, 0.6) is 0 Å². The van der Waals surface area contributed by atoms with Crippen molar-refractivity contribution >= 4 is 16.8 Å². The van der Waals surface area contributed by atoms with Crippen LogP contribution in [-0.2, 0) is 16.6 Å². The Balaban J connectivity index is 2.25. The summed E-state index contributed by atoms with van der Waals surface area (Å²) in [5.41, 5.74) is 3.05. The van der Waals surface area contributed by atoms with Gasteiger partial charge in [-0.25, -0.2) is 4.79 Å². The van der Waals surface area contributed by atoms with Crippen molar-refractivity contribution in [2.24, 2.45) is 0 Å². The lowest BCUT2D eigenvalue weighted by molar-refractivity contribution is 0.0696. The first-order valence-corrected chi connectivity index (χ1v) is 7.57. The Morgan fingerprint density at radius 2 is 1.90 bits per heavy atom. The third-order valence-electron chi connectivity index (χ3n) is 3.06. The van der Waals surface area contributed by atoms with E-state index in [1.165, 1.54) is 6.07 Å². The molecule has 0 aliphatic heterocycles. The second-order valence-electron chi connectivity index (χ2n) is 4.76. The molecule has 104 valence electrons. The summed E-state index contributed by atoms with van der Waals surface area (Å²) in [6, 6.07) is 12.5. The third-order valence-corrected chi connectivity index (χ3v) is 4.59. The molecule has 2 aromatic rings. The van der Waals surface area contributed by atoms with Crippen LogP contribution in [0.3, 0.4) is 0 Å². The van der Waals surface area contributed by atoms with E-state index in [1.54, 1.807) is 18.2 Å². The summed E-state index contributed by atoms with van der Waals surface area (Å²) in [6.07, 6.45) is 0. The lowest BCUT2D eigenvalue weighted by Crippen LogP contribution is -2.02. The first-order chi connectivity index (χ1) is 9.47. The summed E-state index contributed by atoms with van der Waals surface area (Å²) < 4.78 is 12.4. The molecule has 0 heterocycles. The van der Waals surface area contributed by atoms with Gasteiger partial charge in [0.2, 0.25) is 0 Å². The van der Waals surface area contributed by atoms with Gasteiger partial charge in [-0.15, -0.1) is 0 Å². The molecule has 0 saturated heterocycles. The Bertz CT molecular complexity index is 677. The highest BCUT2D eigenvalue weighted by atomic mass is 32.2. The van der Waals surface area contributed by atoms with Gasteiger partial charge < -0.3 is 5.11 Å². The first-order valence-electron chi connectivity index (χ1n) is 6.25. The predicted molar refractivity (Wildman–Crippen MR) is 79.4 cm³/mol. The van der Waals surface area contributed by atoms with Gasteiger partial charge in [-0.3, -0.25) is 4.21 Å². The molecule has 4 heteroatoms. The number of rotatable bonds is 4. The molecule has 0 bridgehead atoms. The maximum Gasteiger partial charge on any atom is 0.335 e. The Hall–Kier alpha value is -1.94. The van der Waals surface area contributed by atoms with Crippen LogP contribution in [0.25, 0.3) is 0 Å². The minimum Gasteiger partial charge on any atom is -0.478 e. The van der Waals surface area contributed by atoms with Crippen LogP contribution in [0.1, 0.15) is 27.0 Å². The van der Waals surface area contributed by atoms with Crippen LogP contribution in [0.2, 0.25) is 0 Å². The summed E-state index contributed by atoms with van der Waals surface area (Å²) in [6.45, 7) is 3.89. The predicted octanol–water partition coefficient (Wildman–Crippen LogP) is 3.31. The number of hydrogen-bond donors (Lipinski definition) is 1. The van der Waals surface area contributed by atoms with Crippen molar-refractivity contribution in [3.63, 3.8) is 0 Å². The lowest BCUT2D eigenvalue weighted by Gasteiger charge is -2.08. The van der Waals surface area contributed by atoms with E-state index >= 15 is 0 Å². The zero-order chi connectivity index (χ0) is 14.7. The van der Waals surface area contributed by atoms with Gasteiger partial charge in [0.1, 0.15) is 0 Å². The number of carboxylic acid groups (broad SMARTS) is 1. The Morgan fingerprint density at radius 1 is 1.15 bits per heavy atom. The highest BCUT2D eigenvalue weighted by Gasteiger charge is 2.10. The average Bonchev–Trinajstić information content (AvgIpc) is 2.41. The largest absolute Gasteiger partial charge is 0.478 e. The van der Waals surface area contributed by atoms with Crippen LogP contribution in [0.15, 0.2) is 47.4 Å². The van der Waals surface area contributed by atoms with E-state index in [0.29, 0.717) is 5.75 Å². The number of carbonyl (C=O) groups is 1. The standard InChI is InChI=1S/C16H16O3S/c1-11-6-7-12(2)15(8-11)20(19)10-13-4-3-5-14(9-13)16(17)18/h3-9H,10H2,1-2H3,(H,17,18). The minimum absolute atomic E-state index is 0.223. The molecule has 0 fully saturated rings. The summed E-state index contributed by atoms with van der Waals surface area (Å²) in [4.78, 5) is 11.7. The number of benzene rings is 2. The van der Waals surface area contributed by atoms with Gasteiger partial charge in [0, 0.05) is 4.90 Å². The highest BCUT2D eigenvalue weighted by Crippen LogP contribution is 2.18. The molecule has 0 saturated carbocycles. The van der Waals surface area contributed by atoms with Crippen LogP contribution in [-0.4, -0.2) is 15.3 Å². The molecule has 1 atom stereocenters. The molecule has 1 unspecified atom stereocenters. The molecule has 0 aliphatic carbocycles. The fourth-order valence-electron chi connectivity index (χ4n) is 1.98. The number of aryl methyl sites for hydroxylation is 2. The van der Waals surface area contributed by atoms with Crippen molar-refractivity contribution in [1.29, 1.82) is 0 Å². The van der Waals surface area contributed by atoms with Crippen LogP contribution < -0.4 is 0 Å². The summed E-state index contributed by atoms with van der Waals surface area (Å²) in [5.74, 6) is -0.643.